The van der Waals surface area contributed by atoms with E-state index in [0.717, 1.165) is 62.4 Å². The first-order chi connectivity index (χ1) is 23.8. The Morgan fingerprint density at radius 1 is 1.18 bits per heavy atom. The van der Waals surface area contributed by atoms with E-state index in [4.69, 9.17) is 31.1 Å². The number of amides is 1. The van der Waals surface area contributed by atoms with E-state index in [-0.39, 0.29) is 46.9 Å². The Labute approximate surface area is 290 Å². The summed E-state index contributed by atoms with van der Waals surface area (Å²) < 4.78 is 23.2. The fourth-order valence-electron chi connectivity index (χ4n) is 8.19. The number of hydrogen-bond acceptors (Lipinski definition) is 9. The van der Waals surface area contributed by atoms with Crippen LogP contribution in [-0.2, 0) is 9.63 Å². The van der Waals surface area contributed by atoms with E-state index in [2.05, 4.69) is 15.4 Å². The Morgan fingerprint density at radius 2 is 1.98 bits per heavy atom. The van der Waals surface area contributed by atoms with Crippen molar-refractivity contribution in [1.82, 2.24) is 30.2 Å². The van der Waals surface area contributed by atoms with Crippen molar-refractivity contribution in [3.05, 3.63) is 65.6 Å². The van der Waals surface area contributed by atoms with Gasteiger partial charge in [0.05, 0.1) is 17.0 Å². The number of hydrogen-bond donors (Lipinski definition) is 1. The molecule has 0 bridgehead atoms. The number of ether oxygens (including phenoxy) is 1. The first-order valence-corrected chi connectivity index (χ1v) is 17.7. The van der Waals surface area contributed by atoms with Gasteiger partial charge in [-0.15, -0.1) is 0 Å². The topological polar surface area (TPSA) is 96.0 Å². The lowest BCUT2D eigenvalue weighted by molar-refractivity contribution is -0.125. The van der Waals surface area contributed by atoms with Crippen molar-refractivity contribution < 1.29 is 18.8 Å². The van der Waals surface area contributed by atoms with Crippen molar-refractivity contribution in [2.24, 2.45) is 0 Å². The molecular formula is C37H41ClFN7O3. The number of anilines is 1. The van der Waals surface area contributed by atoms with E-state index in [1.54, 1.807) is 18.3 Å². The van der Waals surface area contributed by atoms with Crippen LogP contribution in [0.15, 0.2) is 54.7 Å². The molecule has 1 N–H and O–H groups in total. The molecular weight excluding hydrogens is 645 g/mol. The maximum Gasteiger partial charge on any atom is 0.319 e. The van der Waals surface area contributed by atoms with Gasteiger partial charge in [0.25, 0.3) is 0 Å². The standard InChI is InChI=1S/C37H41ClFN7O3/c1-23-19-26(49-43-23)11-12-30(47)45-18-13-25(21-45)44(2)35-28-20-40-33(27-9-3-7-24-8-4-10-29(38)31(24)27)32(39)34(28)41-36(42-35)48-22-37-14-5-16-46(37)17-6-15-37/h3-4,7-12,20,23,25-26,43H,5-6,13-19,21-22H2,1-2H3/b12-11+/t23?,25-,26?/m1/s1. The molecule has 4 aliphatic rings. The molecule has 49 heavy (non-hydrogen) atoms. The molecule has 2 aromatic carbocycles. The highest BCUT2D eigenvalue weighted by molar-refractivity contribution is 6.36. The van der Waals surface area contributed by atoms with Gasteiger partial charge in [0, 0.05) is 60.5 Å². The van der Waals surface area contributed by atoms with Crippen molar-refractivity contribution in [3.63, 3.8) is 0 Å². The largest absolute Gasteiger partial charge is 0.461 e. The number of rotatable bonds is 8. The molecule has 0 saturated carbocycles. The molecule has 4 fully saturated rings. The van der Waals surface area contributed by atoms with Gasteiger partial charge in [-0.25, -0.2) is 4.39 Å². The van der Waals surface area contributed by atoms with Crippen LogP contribution in [0.4, 0.5) is 10.2 Å². The number of carbonyl (C=O) groups is 1. The summed E-state index contributed by atoms with van der Waals surface area (Å²) in [4.78, 5) is 39.2. The third-order valence-electron chi connectivity index (χ3n) is 10.9. The predicted octanol–water partition coefficient (Wildman–Crippen LogP) is 5.92. The summed E-state index contributed by atoms with van der Waals surface area (Å²) in [6.07, 6.45) is 10.9. The molecule has 2 aromatic heterocycles. The molecule has 8 rings (SSSR count). The van der Waals surface area contributed by atoms with Gasteiger partial charge in [0.1, 0.15) is 23.6 Å². The minimum Gasteiger partial charge on any atom is -0.461 e. The van der Waals surface area contributed by atoms with Gasteiger partial charge in [0.2, 0.25) is 5.91 Å². The fraction of sp³-hybridized carbons (Fsp3) is 0.459. The summed E-state index contributed by atoms with van der Waals surface area (Å²) >= 11 is 6.64. The number of hydroxylamine groups is 1. The monoisotopic (exact) mass is 685 g/mol. The maximum atomic E-state index is 16.8. The van der Waals surface area contributed by atoms with Crippen molar-refractivity contribution >= 4 is 45.0 Å². The van der Waals surface area contributed by atoms with Gasteiger partial charge >= 0.3 is 6.01 Å². The van der Waals surface area contributed by atoms with Crippen LogP contribution in [0, 0.1) is 5.82 Å². The Hall–Kier alpha value is -3.90. The Kier molecular flexibility index (Phi) is 8.63. The quantitative estimate of drug-likeness (QED) is 0.227. The third-order valence-corrected chi connectivity index (χ3v) is 11.2. The van der Waals surface area contributed by atoms with Crippen LogP contribution in [0.5, 0.6) is 6.01 Å². The first kappa shape index (κ1) is 32.3. The second kappa shape index (κ2) is 13.1. The third kappa shape index (κ3) is 6.00. The van der Waals surface area contributed by atoms with E-state index >= 15 is 4.39 Å². The average Bonchev–Trinajstić information content (AvgIpc) is 3.91. The molecule has 3 atom stereocenters. The minimum absolute atomic E-state index is 0.0243. The van der Waals surface area contributed by atoms with Gasteiger partial charge in [-0.2, -0.15) is 15.4 Å². The van der Waals surface area contributed by atoms with Gasteiger partial charge in [0.15, 0.2) is 5.82 Å². The number of likely N-dealkylation sites (N-methyl/N-ethyl adjacent to an activating group) is 1. The summed E-state index contributed by atoms with van der Waals surface area (Å²) in [5, 5.41) is 2.63. The molecule has 4 aliphatic heterocycles. The van der Waals surface area contributed by atoms with Gasteiger partial charge < -0.3 is 14.5 Å². The van der Waals surface area contributed by atoms with E-state index in [0.29, 0.717) is 41.5 Å². The number of nitrogens with one attached hydrogen (secondary N) is 1. The van der Waals surface area contributed by atoms with E-state index in [1.165, 1.54) is 0 Å². The number of aromatic nitrogens is 3. The second-order valence-electron chi connectivity index (χ2n) is 14.0. The van der Waals surface area contributed by atoms with Crippen LogP contribution in [0.3, 0.4) is 0 Å². The highest BCUT2D eigenvalue weighted by atomic mass is 35.5. The number of benzene rings is 2. The number of nitrogens with zero attached hydrogens (tertiary/aromatic N) is 6. The van der Waals surface area contributed by atoms with Crippen LogP contribution >= 0.6 is 11.6 Å². The highest BCUT2D eigenvalue weighted by Crippen LogP contribution is 2.40. The molecule has 0 radical (unpaired) electrons. The van der Waals surface area contributed by atoms with E-state index in [9.17, 15) is 4.79 Å². The molecule has 2 unspecified atom stereocenters. The molecule has 10 nitrogen and oxygen atoms in total. The normalized spacial score (nSPS) is 23.7. The summed E-state index contributed by atoms with van der Waals surface area (Å²) in [6.45, 7) is 5.75. The zero-order valence-electron chi connectivity index (χ0n) is 27.9. The van der Waals surface area contributed by atoms with Crippen molar-refractivity contribution in [3.8, 4) is 17.3 Å². The predicted molar refractivity (Wildman–Crippen MR) is 188 cm³/mol. The molecule has 0 aliphatic carbocycles. The Balaban J connectivity index is 1.13. The number of likely N-dealkylation sites (tertiary alicyclic amines) is 1. The molecule has 0 spiro atoms. The lowest BCUT2D eigenvalue weighted by Gasteiger charge is -2.31. The minimum atomic E-state index is -0.556. The van der Waals surface area contributed by atoms with Gasteiger partial charge in [-0.05, 0) is 76.1 Å². The van der Waals surface area contributed by atoms with Crippen molar-refractivity contribution in [1.29, 1.82) is 0 Å². The van der Waals surface area contributed by atoms with Crippen molar-refractivity contribution in [2.45, 2.75) is 69.2 Å². The van der Waals surface area contributed by atoms with Gasteiger partial charge in [-0.3, -0.25) is 19.5 Å². The summed E-state index contributed by atoms with van der Waals surface area (Å²) in [6, 6.07) is 11.6. The highest BCUT2D eigenvalue weighted by Gasteiger charge is 2.45. The molecule has 4 saturated heterocycles. The number of carbonyl (C=O) groups excluding carboxylic acids is 1. The number of pyridine rings is 1. The summed E-state index contributed by atoms with van der Waals surface area (Å²) in [5.41, 5.74) is 3.82. The van der Waals surface area contributed by atoms with Crippen LogP contribution in [-0.4, -0.2) is 94.2 Å². The lowest BCUT2D eigenvalue weighted by atomic mass is 9.95. The first-order valence-electron chi connectivity index (χ1n) is 17.3. The number of halogens is 2. The zero-order chi connectivity index (χ0) is 33.7. The summed E-state index contributed by atoms with van der Waals surface area (Å²) in [5.74, 6) is -0.0892. The molecule has 4 aromatic rings. The van der Waals surface area contributed by atoms with Crippen LogP contribution in [0.25, 0.3) is 32.9 Å². The fourth-order valence-corrected chi connectivity index (χ4v) is 8.47. The Morgan fingerprint density at radius 3 is 2.76 bits per heavy atom. The van der Waals surface area contributed by atoms with Crippen molar-refractivity contribution in [2.75, 3.05) is 44.7 Å². The smallest absolute Gasteiger partial charge is 0.319 e. The van der Waals surface area contributed by atoms with Crippen LogP contribution in [0.2, 0.25) is 5.02 Å². The SMILES string of the molecule is CC1CC(/C=C/C(=O)N2CC[C@@H](N(C)c3nc(OCC45CCCN4CCC5)nc4c(F)c(-c5cccc6cccc(Cl)c56)ncc34)C2)ON1. The molecule has 1 amide bonds. The maximum absolute atomic E-state index is 16.8. The van der Waals surface area contributed by atoms with Crippen LogP contribution in [0.1, 0.15) is 45.4 Å². The molecule has 256 valence electrons. The summed E-state index contributed by atoms with van der Waals surface area (Å²) in [7, 11) is 1.93. The van der Waals surface area contributed by atoms with Gasteiger partial charge in [-0.1, -0.05) is 41.9 Å². The number of fused-ring (bicyclic) bond motifs is 3. The zero-order valence-corrected chi connectivity index (χ0v) is 28.6. The van der Waals surface area contributed by atoms with E-state index in [1.807, 2.05) is 60.2 Å². The molecule has 6 heterocycles. The van der Waals surface area contributed by atoms with E-state index < -0.39 is 5.82 Å². The van der Waals surface area contributed by atoms with Crippen LogP contribution < -0.4 is 15.1 Å². The second-order valence-corrected chi connectivity index (χ2v) is 14.4. The lowest BCUT2D eigenvalue weighted by Crippen LogP contribution is -2.43. The average molecular weight is 686 g/mol. The Bertz CT molecular complexity index is 1930. The molecule has 12 heteroatoms.